The minimum Gasteiger partial charge on any atom is -0.338 e. The molecule has 0 unspecified atom stereocenters. The monoisotopic (exact) mass is 392 g/mol. The Bertz CT molecular complexity index is 913. The van der Waals surface area contributed by atoms with Gasteiger partial charge in [-0.15, -0.1) is 12.4 Å². The van der Waals surface area contributed by atoms with E-state index in [-0.39, 0.29) is 24.2 Å². The predicted octanol–water partition coefficient (Wildman–Crippen LogP) is 3.87. The van der Waals surface area contributed by atoms with Crippen molar-refractivity contribution in [2.24, 2.45) is 5.92 Å². The van der Waals surface area contributed by atoms with Crippen molar-refractivity contribution >= 4 is 35.0 Å². The number of rotatable bonds is 3. The predicted molar refractivity (Wildman–Crippen MR) is 103 cm³/mol. The first kappa shape index (κ1) is 19.3. The summed E-state index contributed by atoms with van der Waals surface area (Å²) < 4.78 is 26.6. The number of nitrogens with zero attached hydrogens (tertiary/aromatic N) is 1. The van der Waals surface area contributed by atoms with Crippen LogP contribution in [0.1, 0.15) is 12.8 Å². The summed E-state index contributed by atoms with van der Waals surface area (Å²) in [6.45, 7) is 1.73. The third-order valence-electron chi connectivity index (χ3n) is 4.66. The Labute approximate surface area is 161 Å². The molecule has 2 aromatic carbocycles. The van der Waals surface area contributed by atoms with Gasteiger partial charge >= 0.3 is 0 Å². The maximum Gasteiger partial charge on any atom is 0.227 e. The zero-order chi connectivity index (χ0) is 18.1. The topological polar surface area (TPSA) is 69.8 Å². The molecule has 1 saturated heterocycles. The number of nitrogens with one attached hydrogen (secondary N) is 3. The zero-order valence-corrected chi connectivity index (χ0v) is 15.2. The molecule has 0 radical (unpaired) electrons. The van der Waals surface area contributed by atoms with Crippen LogP contribution >= 0.6 is 12.4 Å². The summed E-state index contributed by atoms with van der Waals surface area (Å²) in [6, 6.07) is 9.36. The fourth-order valence-electron chi connectivity index (χ4n) is 3.18. The highest BCUT2D eigenvalue weighted by Gasteiger charge is 2.20. The summed E-state index contributed by atoms with van der Waals surface area (Å²) in [5.74, 6) is -1.25. The van der Waals surface area contributed by atoms with Crippen LogP contribution in [0.5, 0.6) is 0 Å². The Morgan fingerprint density at radius 2 is 1.74 bits per heavy atom. The number of piperidine rings is 1. The van der Waals surface area contributed by atoms with Crippen LogP contribution in [0.4, 0.5) is 14.5 Å². The maximum atomic E-state index is 13.3. The molecule has 3 N–H and O–H groups in total. The summed E-state index contributed by atoms with van der Waals surface area (Å²) in [7, 11) is 0. The van der Waals surface area contributed by atoms with E-state index in [4.69, 9.17) is 0 Å². The van der Waals surface area contributed by atoms with Gasteiger partial charge in [-0.05, 0) is 50.2 Å². The molecule has 0 bridgehead atoms. The fraction of sp³-hybridized carbons (Fsp3) is 0.263. The normalized spacial score (nSPS) is 14.7. The van der Waals surface area contributed by atoms with Crippen molar-refractivity contribution in [2.75, 3.05) is 18.4 Å². The van der Waals surface area contributed by atoms with Crippen LogP contribution in [-0.4, -0.2) is 29.0 Å². The number of H-pyrrole nitrogens is 1. The van der Waals surface area contributed by atoms with E-state index < -0.39 is 11.6 Å². The van der Waals surface area contributed by atoms with Crippen molar-refractivity contribution in [3.63, 3.8) is 0 Å². The summed E-state index contributed by atoms with van der Waals surface area (Å²) in [5.41, 5.74) is 2.27. The van der Waals surface area contributed by atoms with E-state index >= 15 is 0 Å². The summed E-state index contributed by atoms with van der Waals surface area (Å²) >= 11 is 0. The molecular weight excluding hydrogens is 374 g/mol. The first-order valence-corrected chi connectivity index (χ1v) is 8.57. The minimum atomic E-state index is -0.925. The van der Waals surface area contributed by atoms with Gasteiger partial charge in [0.15, 0.2) is 11.6 Å². The van der Waals surface area contributed by atoms with E-state index in [9.17, 15) is 13.6 Å². The van der Waals surface area contributed by atoms with Crippen LogP contribution in [-0.2, 0) is 4.79 Å². The number of aromatic nitrogens is 2. The molecule has 27 heavy (non-hydrogen) atoms. The third kappa shape index (κ3) is 4.09. The largest absolute Gasteiger partial charge is 0.338 e. The van der Waals surface area contributed by atoms with Crippen molar-refractivity contribution in [1.82, 2.24) is 15.3 Å². The highest BCUT2D eigenvalue weighted by molar-refractivity contribution is 5.93. The van der Waals surface area contributed by atoms with Crippen molar-refractivity contribution in [2.45, 2.75) is 12.8 Å². The molecule has 4 rings (SSSR count). The molecule has 0 atom stereocenters. The number of hydrogen-bond donors (Lipinski definition) is 3. The van der Waals surface area contributed by atoms with Gasteiger partial charge in [0.2, 0.25) is 5.91 Å². The zero-order valence-electron chi connectivity index (χ0n) is 14.4. The lowest BCUT2D eigenvalue weighted by molar-refractivity contribution is -0.120. The molecule has 0 spiro atoms. The van der Waals surface area contributed by atoms with Gasteiger partial charge in [0.05, 0.1) is 11.0 Å². The fourth-order valence-corrected chi connectivity index (χ4v) is 3.18. The molecule has 5 nitrogen and oxygen atoms in total. The lowest BCUT2D eigenvalue weighted by Gasteiger charge is -2.21. The summed E-state index contributed by atoms with van der Waals surface area (Å²) in [6.07, 6.45) is 1.69. The highest BCUT2D eigenvalue weighted by atomic mass is 35.5. The van der Waals surface area contributed by atoms with Gasteiger partial charge in [-0.1, -0.05) is 0 Å². The van der Waals surface area contributed by atoms with Crippen LogP contribution in [0.3, 0.4) is 0 Å². The molecule has 1 fully saturated rings. The summed E-state index contributed by atoms with van der Waals surface area (Å²) in [4.78, 5) is 19.5. The maximum absolute atomic E-state index is 13.3. The molecule has 0 aliphatic carbocycles. The lowest BCUT2D eigenvalue weighted by Crippen LogP contribution is -2.34. The minimum absolute atomic E-state index is 0. The standard InChI is InChI=1S/C19H18F2N4O.ClH/c20-14-9-16-17(10-15(14)21)25-18(24-16)11-1-3-13(4-2-11)23-19(26)12-5-7-22-8-6-12;/h1-4,9-10,12,22H,5-8H2,(H,23,26)(H,24,25);1H. The third-order valence-corrected chi connectivity index (χ3v) is 4.66. The Morgan fingerprint density at radius 3 is 2.44 bits per heavy atom. The number of anilines is 1. The average molecular weight is 393 g/mol. The van der Waals surface area contributed by atoms with Gasteiger partial charge < -0.3 is 15.6 Å². The number of amides is 1. The van der Waals surface area contributed by atoms with E-state index in [0.717, 1.165) is 43.6 Å². The number of imidazole rings is 1. The van der Waals surface area contributed by atoms with Crippen molar-refractivity contribution in [3.05, 3.63) is 48.0 Å². The van der Waals surface area contributed by atoms with E-state index in [2.05, 4.69) is 20.6 Å². The van der Waals surface area contributed by atoms with Crippen LogP contribution < -0.4 is 10.6 Å². The molecule has 8 heteroatoms. The number of hydrogen-bond acceptors (Lipinski definition) is 3. The number of fused-ring (bicyclic) bond motifs is 1. The van der Waals surface area contributed by atoms with Crippen molar-refractivity contribution in [3.8, 4) is 11.4 Å². The second-order valence-electron chi connectivity index (χ2n) is 6.46. The Hall–Kier alpha value is -2.51. The number of aromatic amines is 1. The van der Waals surface area contributed by atoms with Crippen LogP contribution in [0.25, 0.3) is 22.4 Å². The van der Waals surface area contributed by atoms with E-state index in [1.54, 1.807) is 12.1 Å². The molecule has 1 aliphatic heterocycles. The smallest absolute Gasteiger partial charge is 0.227 e. The lowest BCUT2D eigenvalue weighted by atomic mass is 9.97. The van der Waals surface area contributed by atoms with Crippen LogP contribution in [0.2, 0.25) is 0 Å². The second kappa shape index (κ2) is 8.02. The van der Waals surface area contributed by atoms with Gasteiger partial charge in [0.25, 0.3) is 0 Å². The van der Waals surface area contributed by atoms with Gasteiger partial charge in [-0.25, -0.2) is 13.8 Å². The molecule has 1 amide bonds. The molecule has 1 aliphatic rings. The van der Waals surface area contributed by atoms with Gasteiger partial charge in [0.1, 0.15) is 5.82 Å². The molecular formula is C19H19ClF2N4O. The van der Waals surface area contributed by atoms with Crippen molar-refractivity contribution < 1.29 is 13.6 Å². The average Bonchev–Trinajstić information content (AvgIpc) is 3.06. The molecule has 1 aromatic heterocycles. The number of carbonyl (C=O) groups excluding carboxylic acids is 1. The first-order valence-electron chi connectivity index (χ1n) is 8.57. The molecule has 0 saturated carbocycles. The first-order chi connectivity index (χ1) is 12.6. The highest BCUT2D eigenvalue weighted by Crippen LogP contribution is 2.24. The van der Waals surface area contributed by atoms with Crippen LogP contribution in [0, 0.1) is 17.6 Å². The van der Waals surface area contributed by atoms with Gasteiger partial charge in [0, 0.05) is 29.3 Å². The summed E-state index contributed by atoms with van der Waals surface area (Å²) in [5, 5.41) is 6.17. The van der Waals surface area contributed by atoms with E-state index in [1.165, 1.54) is 0 Å². The van der Waals surface area contributed by atoms with E-state index in [0.29, 0.717) is 22.5 Å². The number of carbonyl (C=O) groups is 1. The van der Waals surface area contributed by atoms with Gasteiger partial charge in [-0.3, -0.25) is 4.79 Å². The van der Waals surface area contributed by atoms with E-state index in [1.807, 2.05) is 12.1 Å². The SMILES string of the molecule is Cl.O=C(Nc1ccc(-c2nc3cc(F)c(F)cc3[nH]2)cc1)C1CCNCC1. The van der Waals surface area contributed by atoms with Crippen LogP contribution in [0.15, 0.2) is 36.4 Å². The Kier molecular flexibility index (Phi) is 5.72. The number of benzene rings is 2. The second-order valence-corrected chi connectivity index (χ2v) is 6.46. The molecule has 142 valence electrons. The Morgan fingerprint density at radius 1 is 1.07 bits per heavy atom. The van der Waals surface area contributed by atoms with Gasteiger partial charge in [-0.2, -0.15) is 0 Å². The van der Waals surface area contributed by atoms with Crippen molar-refractivity contribution in [1.29, 1.82) is 0 Å². The number of halogens is 3. The molecule has 3 aromatic rings. The molecule has 2 heterocycles. The Balaban J connectivity index is 0.00000210. The quantitative estimate of drug-likeness (QED) is 0.633.